The molecular weight excluding hydrogens is 827 g/mol. The van der Waals surface area contributed by atoms with Gasteiger partial charge in [0.2, 0.25) is 5.91 Å². The van der Waals surface area contributed by atoms with Gasteiger partial charge in [-0.05, 0) is 89.9 Å². The monoisotopic (exact) mass is 938 g/mol. The third kappa shape index (κ3) is 52.8. The molecule has 0 aliphatic rings. The average Bonchev–Trinajstić information content (AvgIpc) is 3.33. The van der Waals surface area contributed by atoms with Gasteiger partial charge in [0.1, 0.15) is 0 Å². The van der Waals surface area contributed by atoms with Crippen LogP contribution in [0.3, 0.4) is 0 Å². The van der Waals surface area contributed by atoms with Crippen molar-refractivity contribution in [3.63, 3.8) is 0 Å². The predicted octanol–water partition coefficient (Wildman–Crippen LogP) is 18.0. The minimum Gasteiger partial charge on any atom is -0.466 e. The van der Waals surface area contributed by atoms with Gasteiger partial charge in [-0.3, -0.25) is 9.59 Å². The van der Waals surface area contributed by atoms with E-state index >= 15 is 0 Å². The van der Waals surface area contributed by atoms with Crippen LogP contribution in [0.25, 0.3) is 0 Å². The van der Waals surface area contributed by atoms with E-state index in [2.05, 4.69) is 67.8 Å². The van der Waals surface area contributed by atoms with Crippen LogP contribution in [0.1, 0.15) is 290 Å². The third-order valence-corrected chi connectivity index (χ3v) is 13.0. The van der Waals surface area contributed by atoms with Gasteiger partial charge in [0, 0.05) is 12.8 Å². The first-order chi connectivity index (χ1) is 33.0. The highest BCUT2D eigenvalue weighted by molar-refractivity contribution is 5.76. The van der Waals surface area contributed by atoms with Crippen LogP contribution in [0.4, 0.5) is 0 Å². The van der Waals surface area contributed by atoms with E-state index in [1.54, 1.807) is 6.08 Å². The molecule has 2 atom stereocenters. The SMILES string of the molecule is CCC/C=C\C/C=C\CCCCCCCC(=O)OCCCCC/C=C\C=C/CCCCCCCCC(=O)NC(CO)C(O)/C=C/CCCCCCCCCCCCCCCCCCCCCC. The molecule has 1 amide bonds. The van der Waals surface area contributed by atoms with E-state index in [1.165, 1.54) is 173 Å². The normalized spacial score (nSPS) is 13.1. The zero-order valence-electron chi connectivity index (χ0n) is 44.4. The molecular formula is C61H111NO5. The first-order valence-electron chi connectivity index (χ1n) is 29.1. The fourth-order valence-electron chi connectivity index (χ4n) is 8.54. The van der Waals surface area contributed by atoms with Gasteiger partial charge in [-0.15, -0.1) is 0 Å². The van der Waals surface area contributed by atoms with Crippen LogP contribution in [-0.2, 0) is 14.3 Å². The Balaban J connectivity index is 3.57. The van der Waals surface area contributed by atoms with Crippen molar-refractivity contribution >= 4 is 11.9 Å². The zero-order valence-corrected chi connectivity index (χ0v) is 44.4. The summed E-state index contributed by atoms with van der Waals surface area (Å²) in [6, 6.07) is -0.647. The molecule has 0 heterocycles. The lowest BCUT2D eigenvalue weighted by Crippen LogP contribution is -2.45. The largest absolute Gasteiger partial charge is 0.466 e. The number of ether oxygens (including phenoxy) is 1. The van der Waals surface area contributed by atoms with Crippen molar-refractivity contribution in [3.8, 4) is 0 Å². The highest BCUT2D eigenvalue weighted by atomic mass is 16.5. The number of aliphatic hydroxyl groups is 2. The van der Waals surface area contributed by atoms with Crippen molar-refractivity contribution in [3.05, 3.63) is 60.8 Å². The van der Waals surface area contributed by atoms with Crippen molar-refractivity contribution in [1.29, 1.82) is 0 Å². The van der Waals surface area contributed by atoms with E-state index in [-0.39, 0.29) is 18.5 Å². The molecule has 0 aromatic rings. The molecule has 0 saturated carbocycles. The lowest BCUT2D eigenvalue weighted by atomic mass is 10.0. The molecule has 2 unspecified atom stereocenters. The quantitative estimate of drug-likeness (QED) is 0.0244. The smallest absolute Gasteiger partial charge is 0.305 e. The Morgan fingerprint density at radius 3 is 1.28 bits per heavy atom. The Kier molecular flexibility index (Phi) is 54.1. The standard InChI is InChI=1S/C61H111NO5/c1-3-5-7-9-11-13-15-17-18-19-20-21-22-23-24-26-30-33-37-41-45-49-53-59(64)58(57-63)62-60(65)54-50-46-42-38-34-31-27-25-28-32-36-40-44-48-52-56-67-61(66)55-51-47-43-39-35-29-16-14-12-10-8-6-4-2/h8,10,14,16,25,28,32,36,49,53,58-59,63-64H,3-7,9,11-13,15,17-24,26-27,29-31,33-35,37-48,50-52,54-57H2,1-2H3,(H,62,65)/b10-8-,16-14-,28-25-,36-32-,53-49+. The van der Waals surface area contributed by atoms with Crippen molar-refractivity contribution in [2.75, 3.05) is 13.2 Å². The predicted molar refractivity (Wildman–Crippen MR) is 292 cm³/mol. The second-order valence-electron chi connectivity index (χ2n) is 19.6. The van der Waals surface area contributed by atoms with Gasteiger partial charge in [-0.1, -0.05) is 248 Å². The van der Waals surface area contributed by atoms with Crippen LogP contribution < -0.4 is 5.32 Å². The summed E-state index contributed by atoms with van der Waals surface area (Å²) < 4.78 is 5.43. The fraction of sp³-hybridized carbons (Fsp3) is 0.803. The molecule has 0 aromatic carbocycles. The van der Waals surface area contributed by atoms with E-state index < -0.39 is 12.1 Å². The summed E-state index contributed by atoms with van der Waals surface area (Å²) in [5.74, 6) is -0.129. The van der Waals surface area contributed by atoms with E-state index in [0.29, 0.717) is 19.4 Å². The number of aliphatic hydroxyl groups excluding tert-OH is 2. The molecule has 0 bridgehead atoms. The van der Waals surface area contributed by atoms with Crippen molar-refractivity contribution < 1.29 is 24.5 Å². The summed E-state index contributed by atoms with van der Waals surface area (Å²) in [4.78, 5) is 24.5. The van der Waals surface area contributed by atoms with E-state index in [9.17, 15) is 19.8 Å². The maximum Gasteiger partial charge on any atom is 0.305 e. The fourth-order valence-corrected chi connectivity index (χ4v) is 8.54. The molecule has 0 fully saturated rings. The minimum absolute atomic E-state index is 0.0387. The van der Waals surface area contributed by atoms with Crippen LogP contribution in [0.2, 0.25) is 0 Å². The summed E-state index contributed by atoms with van der Waals surface area (Å²) in [6.45, 7) is 4.78. The lowest BCUT2D eigenvalue weighted by molar-refractivity contribution is -0.143. The number of nitrogens with one attached hydrogen (secondary N) is 1. The zero-order chi connectivity index (χ0) is 48.6. The van der Waals surface area contributed by atoms with E-state index in [0.717, 1.165) is 89.9 Å². The Morgan fingerprint density at radius 2 is 0.821 bits per heavy atom. The molecule has 3 N–H and O–H groups in total. The highest BCUT2D eigenvalue weighted by Gasteiger charge is 2.18. The molecule has 0 aliphatic carbocycles. The highest BCUT2D eigenvalue weighted by Crippen LogP contribution is 2.16. The molecule has 390 valence electrons. The Bertz CT molecular complexity index is 1170. The van der Waals surface area contributed by atoms with Gasteiger partial charge < -0.3 is 20.3 Å². The van der Waals surface area contributed by atoms with Crippen LogP contribution in [0, 0.1) is 0 Å². The van der Waals surface area contributed by atoms with Gasteiger partial charge in [0.15, 0.2) is 0 Å². The lowest BCUT2D eigenvalue weighted by Gasteiger charge is -2.20. The topological polar surface area (TPSA) is 95.9 Å². The Labute approximate surface area is 416 Å². The van der Waals surface area contributed by atoms with Crippen LogP contribution >= 0.6 is 0 Å². The number of hydrogen-bond donors (Lipinski definition) is 3. The summed E-state index contributed by atoms with van der Waals surface area (Å²) in [5, 5.41) is 23.2. The molecule has 6 nitrogen and oxygen atoms in total. The number of unbranched alkanes of at least 4 members (excludes halogenated alkanes) is 35. The maximum atomic E-state index is 12.5. The van der Waals surface area contributed by atoms with Gasteiger partial charge >= 0.3 is 5.97 Å². The second-order valence-corrected chi connectivity index (χ2v) is 19.6. The molecule has 6 heteroatoms. The molecule has 0 rings (SSSR count). The Morgan fingerprint density at radius 1 is 0.433 bits per heavy atom. The maximum absolute atomic E-state index is 12.5. The van der Waals surface area contributed by atoms with Crippen molar-refractivity contribution in [2.24, 2.45) is 0 Å². The summed E-state index contributed by atoms with van der Waals surface area (Å²) in [6.07, 6.45) is 72.4. The minimum atomic E-state index is -0.862. The van der Waals surface area contributed by atoms with E-state index in [1.807, 2.05) is 6.08 Å². The average molecular weight is 939 g/mol. The molecule has 67 heavy (non-hydrogen) atoms. The number of allylic oxidation sites excluding steroid dienone is 9. The van der Waals surface area contributed by atoms with Crippen LogP contribution in [0.15, 0.2) is 60.8 Å². The molecule has 0 spiro atoms. The molecule has 0 saturated heterocycles. The number of rotatable bonds is 53. The van der Waals surface area contributed by atoms with Crippen LogP contribution in [-0.4, -0.2) is 47.4 Å². The van der Waals surface area contributed by atoms with Gasteiger partial charge in [0.25, 0.3) is 0 Å². The summed E-state index contributed by atoms with van der Waals surface area (Å²) >= 11 is 0. The first-order valence-corrected chi connectivity index (χ1v) is 29.1. The summed E-state index contributed by atoms with van der Waals surface area (Å²) in [7, 11) is 0. The molecule has 0 radical (unpaired) electrons. The number of carbonyl (C=O) groups excluding carboxylic acids is 2. The number of esters is 1. The number of carbonyl (C=O) groups is 2. The van der Waals surface area contributed by atoms with Gasteiger partial charge in [0.05, 0.1) is 25.4 Å². The van der Waals surface area contributed by atoms with Crippen molar-refractivity contribution in [2.45, 2.75) is 302 Å². The van der Waals surface area contributed by atoms with Gasteiger partial charge in [-0.25, -0.2) is 0 Å². The number of hydrogen-bond acceptors (Lipinski definition) is 5. The molecule has 0 aliphatic heterocycles. The summed E-state index contributed by atoms with van der Waals surface area (Å²) in [5.41, 5.74) is 0. The van der Waals surface area contributed by atoms with E-state index in [4.69, 9.17) is 4.74 Å². The van der Waals surface area contributed by atoms with Crippen LogP contribution in [0.5, 0.6) is 0 Å². The second kappa shape index (κ2) is 56.2. The Hall–Kier alpha value is -2.44. The number of amides is 1. The van der Waals surface area contributed by atoms with Gasteiger partial charge in [-0.2, -0.15) is 0 Å². The van der Waals surface area contributed by atoms with Crippen molar-refractivity contribution in [1.82, 2.24) is 5.32 Å². The molecule has 0 aromatic heterocycles. The first kappa shape index (κ1) is 64.6. The third-order valence-electron chi connectivity index (χ3n) is 13.0.